The standard InChI is InChI=1S/C13H18FNO/c1-3-6-10(2)15-13(16)9-11-7-4-5-8-12(11)14/h4-5,7-8,10H,3,6,9H2,1-2H3,(H,15,16). The van der Waals surface area contributed by atoms with Crippen LogP contribution in [0.3, 0.4) is 0 Å². The maximum atomic E-state index is 13.3. The Bertz CT molecular complexity index is 352. The van der Waals surface area contributed by atoms with Crippen LogP contribution >= 0.6 is 0 Å². The molecule has 0 heterocycles. The zero-order chi connectivity index (χ0) is 12.0. The zero-order valence-corrected chi connectivity index (χ0v) is 9.79. The first-order valence-corrected chi connectivity index (χ1v) is 5.66. The molecule has 16 heavy (non-hydrogen) atoms. The van der Waals surface area contributed by atoms with Gasteiger partial charge in [0.2, 0.25) is 5.91 Å². The van der Waals surface area contributed by atoms with E-state index < -0.39 is 0 Å². The van der Waals surface area contributed by atoms with Gasteiger partial charge in [-0.1, -0.05) is 31.5 Å². The quantitative estimate of drug-likeness (QED) is 0.817. The highest BCUT2D eigenvalue weighted by Gasteiger charge is 2.09. The average molecular weight is 223 g/mol. The summed E-state index contributed by atoms with van der Waals surface area (Å²) >= 11 is 0. The number of benzene rings is 1. The molecule has 0 radical (unpaired) electrons. The summed E-state index contributed by atoms with van der Waals surface area (Å²) in [5.41, 5.74) is 0.448. The topological polar surface area (TPSA) is 29.1 Å². The lowest BCUT2D eigenvalue weighted by molar-refractivity contribution is -0.121. The van der Waals surface area contributed by atoms with Crippen molar-refractivity contribution in [2.24, 2.45) is 0 Å². The molecule has 0 aromatic heterocycles. The predicted octanol–water partition coefficient (Wildman–Crippen LogP) is 2.67. The van der Waals surface area contributed by atoms with Crippen LogP contribution in [-0.4, -0.2) is 11.9 Å². The van der Waals surface area contributed by atoms with Crippen LogP contribution in [0.1, 0.15) is 32.3 Å². The molecular weight excluding hydrogens is 205 g/mol. The third-order valence-electron chi connectivity index (χ3n) is 2.44. The van der Waals surface area contributed by atoms with Crippen molar-refractivity contribution in [1.29, 1.82) is 0 Å². The number of hydrogen-bond acceptors (Lipinski definition) is 1. The molecule has 0 spiro atoms. The minimum Gasteiger partial charge on any atom is -0.353 e. The van der Waals surface area contributed by atoms with E-state index in [1.54, 1.807) is 18.2 Å². The molecule has 0 aliphatic carbocycles. The third-order valence-corrected chi connectivity index (χ3v) is 2.44. The average Bonchev–Trinajstić information content (AvgIpc) is 2.21. The lowest BCUT2D eigenvalue weighted by Gasteiger charge is -2.12. The first-order valence-electron chi connectivity index (χ1n) is 5.66. The second-order valence-electron chi connectivity index (χ2n) is 4.03. The van der Waals surface area contributed by atoms with E-state index in [2.05, 4.69) is 12.2 Å². The fourth-order valence-electron chi connectivity index (χ4n) is 1.65. The molecule has 0 saturated heterocycles. The van der Waals surface area contributed by atoms with Crippen molar-refractivity contribution in [3.8, 4) is 0 Å². The molecule has 0 fully saturated rings. The fourth-order valence-corrected chi connectivity index (χ4v) is 1.65. The van der Waals surface area contributed by atoms with E-state index in [1.165, 1.54) is 6.07 Å². The van der Waals surface area contributed by atoms with E-state index in [4.69, 9.17) is 0 Å². The first-order chi connectivity index (χ1) is 7.63. The van der Waals surface area contributed by atoms with Gasteiger partial charge < -0.3 is 5.32 Å². The Hall–Kier alpha value is -1.38. The normalized spacial score (nSPS) is 12.2. The van der Waals surface area contributed by atoms with E-state index in [-0.39, 0.29) is 24.2 Å². The molecule has 0 aliphatic heterocycles. The molecular formula is C13H18FNO. The van der Waals surface area contributed by atoms with E-state index in [9.17, 15) is 9.18 Å². The Kier molecular flexibility index (Phi) is 4.96. The van der Waals surface area contributed by atoms with Gasteiger partial charge in [0.25, 0.3) is 0 Å². The molecule has 1 aromatic carbocycles. The van der Waals surface area contributed by atoms with Crippen molar-refractivity contribution < 1.29 is 9.18 Å². The fraction of sp³-hybridized carbons (Fsp3) is 0.462. The highest BCUT2D eigenvalue weighted by molar-refractivity contribution is 5.78. The molecule has 1 rings (SSSR count). The second-order valence-corrected chi connectivity index (χ2v) is 4.03. The molecule has 1 unspecified atom stereocenters. The van der Waals surface area contributed by atoms with Crippen molar-refractivity contribution in [2.45, 2.75) is 39.2 Å². The molecule has 1 N–H and O–H groups in total. The maximum absolute atomic E-state index is 13.3. The first kappa shape index (κ1) is 12.7. The lowest BCUT2D eigenvalue weighted by Crippen LogP contribution is -2.33. The van der Waals surface area contributed by atoms with Gasteiger partial charge in [0.05, 0.1) is 6.42 Å². The van der Waals surface area contributed by atoms with Crippen molar-refractivity contribution >= 4 is 5.91 Å². The molecule has 3 heteroatoms. The minimum atomic E-state index is -0.319. The van der Waals surface area contributed by atoms with Crippen LogP contribution < -0.4 is 5.32 Å². The molecule has 2 nitrogen and oxygen atoms in total. The summed E-state index contributed by atoms with van der Waals surface area (Å²) in [5.74, 6) is -0.438. The highest BCUT2D eigenvalue weighted by atomic mass is 19.1. The molecule has 1 amide bonds. The van der Waals surface area contributed by atoms with Gasteiger partial charge in [-0.15, -0.1) is 0 Å². The van der Waals surface area contributed by atoms with Gasteiger partial charge in [0, 0.05) is 6.04 Å². The van der Waals surface area contributed by atoms with Crippen molar-refractivity contribution in [3.05, 3.63) is 35.6 Å². The Morgan fingerprint density at radius 3 is 2.75 bits per heavy atom. The van der Waals surface area contributed by atoms with E-state index in [0.717, 1.165) is 12.8 Å². The molecule has 1 aromatic rings. The van der Waals surface area contributed by atoms with Crippen LogP contribution in [-0.2, 0) is 11.2 Å². The number of nitrogens with one attached hydrogen (secondary N) is 1. The van der Waals surface area contributed by atoms with Gasteiger partial charge in [0.15, 0.2) is 0 Å². The van der Waals surface area contributed by atoms with E-state index in [0.29, 0.717) is 5.56 Å². The summed E-state index contributed by atoms with van der Waals surface area (Å²) in [5, 5.41) is 2.85. The molecule has 0 bridgehead atoms. The summed E-state index contributed by atoms with van der Waals surface area (Å²) < 4.78 is 13.3. The summed E-state index contributed by atoms with van der Waals surface area (Å²) in [6.07, 6.45) is 2.09. The number of halogens is 1. The van der Waals surface area contributed by atoms with Gasteiger partial charge in [-0.3, -0.25) is 4.79 Å². The molecule has 0 saturated carbocycles. The Balaban J connectivity index is 2.49. The van der Waals surface area contributed by atoms with Gasteiger partial charge in [0.1, 0.15) is 5.82 Å². The zero-order valence-electron chi connectivity index (χ0n) is 9.79. The number of amides is 1. The van der Waals surface area contributed by atoms with Crippen LogP contribution in [0.2, 0.25) is 0 Å². The monoisotopic (exact) mass is 223 g/mol. The van der Waals surface area contributed by atoms with E-state index in [1.807, 2.05) is 6.92 Å². The maximum Gasteiger partial charge on any atom is 0.224 e. The van der Waals surface area contributed by atoms with Gasteiger partial charge >= 0.3 is 0 Å². The van der Waals surface area contributed by atoms with Crippen molar-refractivity contribution in [1.82, 2.24) is 5.32 Å². The number of hydrogen-bond donors (Lipinski definition) is 1. The molecule has 88 valence electrons. The van der Waals surface area contributed by atoms with Crippen LogP contribution in [0.25, 0.3) is 0 Å². The van der Waals surface area contributed by atoms with Crippen molar-refractivity contribution in [2.75, 3.05) is 0 Å². The number of carbonyl (C=O) groups excluding carboxylic acids is 1. The highest BCUT2D eigenvalue weighted by Crippen LogP contribution is 2.07. The van der Waals surface area contributed by atoms with Crippen LogP contribution in [0.15, 0.2) is 24.3 Å². The van der Waals surface area contributed by atoms with E-state index >= 15 is 0 Å². The Morgan fingerprint density at radius 2 is 2.12 bits per heavy atom. The minimum absolute atomic E-state index is 0.112. The predicted molar refractivity (Wildman–Crippen MR) is 62.6 cm³/mol. The lowest BCUT2D eigenvalue weighted by atomic mass is 10.1. The van der Waals surface area contributed by atoms with Crippen LogP contribution in [0, 0.1) is 5.82 Å². The van der Waals surface area contributed by atoms with Crippen LogP contribution in [0.4, 0.5) is 4.39 Å². The second kappa shape index (κ2) is 6.26. The Morgan fingerprint density at radius 1 is 1.44 bits per heavy atom. The SMILES string of the molecule is CCCC(C)NC(=O)Cc1ccccc1F. The summed E-state index contributed by atoms with van der Waals surface area (Å²) in [6, 6.07) is 6.53. The number of carbonyl (C=O) groups is 1. The summed E-state index contributed by atoms with van der Waals surface area (Å²) in [4.78, 5) is 11.6. The smallest absolute Gasteiger partial charge is 0.224 e. The third kappa shape index (κ3) is 4.01. The summed E-state index contributed by atoms with van der Waals surface area (Å²) in [7, 11) is 0. The van der Waals surface area contributed by atoms with Crippen molar-refractivity contribution in [3.63, 3.8) is 0 Å². The molecule has 0 aliphatic rings. The van der Waals surface area contributed by atoms with Gasteiger partial charge in [-0.05, 0) is 25.0 Å². The van der Waals surface area contributed by atoms with Crippen LogP contribution in [0.5, 0.6) is 0 Å². The number of rotatable bonds is 5. The largest absolute Gasteiger partial charge is 0.353 e. The van der Waals surface area contributed by atoms with Gasteiger partial charge in [-0.25, -0.2) is 4.39 Å². The molecule has 1 atom stereocenters. The van der Waals surface area contributed by atoms with Gasteiger partial charge in [-0.2, -0.15) is 0 Å². The Labute approximate surface area is 95.9 Å². The summed E-state index contributed by atoms with van der Waals surface area (Å²) in [6.45, 7) is 4.03.